The van der Waals surface area contributed by atoms with Crippen LogP contribution in [-0.2, 0) is 0 Å². The van der Waals surface area contributed by atoms with E-state index in [1.807, 2.05) is 36.4 Å². The first kappa shape index (κ1) is 18.2. The van der Waals surface area contributed by atoms with Crippen LogP contribution in [0.2, 0.25) is 16.6 Å². The summed E-state index contributed by atoms with van der Waals surface area (Å²) in [5.41, 5.74) is 5.07. The normalized spacial score (nSPS) is 16.5. The Morgan fingerprint density at radius 3 is 1.96 bits per heavy atom. The molecule has 1 aliphatic rings. The summed E-state index contributed by atoms with van der Waals surface area (Å²) in [6, 6.07) is 13.7. The number of hydrogen-bond donors (Lipinski definition) is 0. The SMILES string of the molecule is CC(C)[Si](Oc1ccc2c(c1)-c1ccccc1C2F)(C(C)C)C(C)C. The Kier molecular flexibility index (Phi) is 4.80. The molecule has 0 amide bonds. The number of alkyl halides is 1. The molecule has 0 bridgehead atoms. The van der Waals surface area contributed by atoms with Gasteiger partial charge in [0.1, 0.15) is 5.75 Å². The molecule has 2 aromatic carbocycles. The summed E-state index contributed by atoms with van der Waals surface area (Å²) in [5.74, 6) is 0.894. The molecule has 0 radical (unpaired) electrons. The zero-order valence-electron chi connectivity index (χ0n) is 16.1. The standard InChI is InChI=1S/C22H29FOSi/c1-14(2)25(15(3)4,16(5)6)24-17-11-12-20-21(13-17)18-9-7-8-10-19(18)22(20)23/h7-16,22H,1-6H3. The third-order valence-corrected chi connectivity index (χ3v) is 11.8. The van der Waals surface area contributed by atoms with Gasteiger partial charge in [-0.05, 0) is 51.0 Å². The van der Waals surface area contributed by atoms with E-state index < -0.39 is 14.5 Å². The van der Waals surface area contributed by atoms with Crippen LogP contribution in [0.3, 0.4) is 0 Å². The molecule has 0 aliphatic heterocycles. The Bertz CT molecular complexity index is 745. The van der Waals surface area contributed by atoms with Gasteiger partial charge in [-0.15, -0.1) is 0 Å². The Morgan fingerprint density at radius 1 is 0.800 bits per heavy atom. The van der Waals surface area contributed by atoms with Crippen LogP contribution in [-0.4, -0.2) is 8.32 Å². The van der Waals surface area contributed by atoms with Crippen LogP contribution in [0.1, 0.15) is 58.8 Å². The summed E-state index contributed by atoms with van der Waals surface area (Å²) >= 11 is 0. The molecule has 1 nitrogen and oxygen atoms in total. The average Bonchev–Trinajstić information content (AvgIpc) is 2.84. The second-order valence-electron chi connectivity index (χ2n) is 8.12. The quantitative estimate of drug-likeness (QED) is 0.511. The number of fused-ring (bicyclic) bond motifs is 3. The summed E-state index contributed by atoms with van der Waals surface area (Å²) in [4.78, 5) is 0. The van der Waals surface area contributed by atoms with Crippen LogP contribution in [0, 0.1) is 0 Å². The zero-order valence-corrected chi connectivity index (χ0v) is 17.1. The first-order chi connectivity index (χ1) is 11.8. The third-order valence-electron chi connectivity index (χ3n) is 5.82. The highest BCUT2D eigenvalue weighted by Gasteiger charge is 2.47. The average molecular weight is 357 g/mol. The lowest BCUT2D eigenvalue weighted by molar-refractivity contribution is 0.409. The lowest BCUT2D eigenvalue weighted by atomic mass is 10.1. The topological polar surface area (TPSA) is 9.23 Å². The van der Waals surface area contributed by atoms with Gasteiger partial charge in [-0.1, -0.05) is 71.9 Å². The third kappa shape index (κ3) is 2.83. The molecule has 0 saturated carbocycles. The van der Waals surface area contributed by atoms with Crippen LogP contribution in [0.25, 0.3) is 11.1 Å². The molecular formula is C22H29FOSi. The van der Waals surface area contributed by atoms with Gasteiger partial charge in [-0.2, -0.15) is 0 Å². The molecule has 2 aromatic rings. The van der Waals surface area contributed by atoms with E-state index in [4.69, 9.17) is 4.43 Å². The zero-order chi connectivity index (χ0) is 18.4. The van der Waals surface area contributed by atoms with Gasteiger partial charge in [0.2, 0.25) is 0 Å². The van der Waals surface area contributed by atoms with Crippen molar-refractivity contribution >= 4 is 8.32 Å². The second kappa shape index (κ2) is 6.60. The van der Waals surface area contributed by atoms with E-state index >= 15 is 0 Å². The molecule has 25 heavy (non-hydrogen) atoms. The van der Waals surface area contributed by atoms with E-state index in [1.165, 1.54) is 0 Å². The van der Waals surface area contributed by atoms with Crippen LogP contribution >= 0.6 is 0 Å². The van der Waals surface area contributed by atoms with E-state index in [0.717, 1.165) is 28.0 Å². The lowest BCUT2D eigenvalue weighted by Crippen LogP contribution is -2.50. The Labute approximate surface area is 152 Å². The fourth-order valence-corrected chi connectivity index (χ4v) is 9.98. The highest BCUT2D eigenvalue weighted by atomic mass is 28.4. The highest BCUT2D eigenvalue weighted by molar-refractivity contribution is 6.78. The van der Waals surface area contributed by atoms with E-state index in [-0.39, 0.29) is 0 Å². The van der Waals surface area contributed by atoms with Gasteiger partial charge in [-0.25, -0.2) is 4.39 Å². The first-order valence-corrected chi connectivity index (χ1v) is 11.5. The maximum absolute atomic E-state index is 14.7. The van der Waals surface area contributed by atoms with Crippen molar-refractivity contribution in [2.75, 3.05) is 0 Å². The van der Waals surface area contributed by atoms with Crippen LogP contribution < -0.4 is 4.43 Å². The minimum absolute atomic E-state index is 0.516. The molecular weight excluding hydrogens is 327 g/mol. The monoisotopic (exact) mass is 356 g/mol. The molecule has 1 unspecified atom stereocenters. The largest absolute Gasteiger partial charge is 0.543 e. The molecule has 134 valence electrons. The molecule has 0 saturated heterocycles. The van der Waals surface area contributed by atoms with Crippen molar-refractivity contribution in [3.63, 3.8) is 0 Å². The predicted molar refractivity (Wildman–Crippen MR) is 107 cm³/mol. The van der Waals surface area contributed by atoms with Crippen LogP contribution in [0.15, 0.2) is 42.5 Å². The molecule has 1 atom stereocenters. The van der Waals surface area contributed by atoms with Crippen molar-refractivity contribution in [3.05, 3.63) is 53.6 Å². The summed E-state index contributed by atoms with van der Waals surface area (Å²) in [5, 5.41) is 0. The van der Waals surface area contributed by atoms with E-state index in [1.54, 1.807) is 0 Å². The molecule has 1 aliphatic carbocycles. The van der Waals surface area contributed by atoms with Crippen LogP contribution in [0.4, 0.5) is 4.39 Å². The molecule has 3 heteroatoms. The van der Waals surface area contributed by atoms with Crippen molar-refractivity contribution in [1.29, 1.82) is 0 Å². The number of rotatable bonds is 5. The minimum atomic E-state index is -2.00. The van der Waals surface area contributed by atoms with Crippen molar-refractivity contribution in [2.45, 2.75) is 64.3 Å². The molecule has 0 N–H and O–H groups in total. The second-order valence-corrected chi connectivity index (χ2v) is 13.5. The summed E-state index contributed by atoms with van der Waals surface area (Å²) < 4.78 is 21.5. The van der Waals surface area contributed by atoms with E-state index in [0.29, 0.717) is 16.6 Å². The maximum atomic E-state index is 14.7. The maximum Gasteiger partial charge on any atom is 0.258 e. The van der Waals surface area contributed by atoms with Crippen molar-refractivity contribution < 1.29 is 8.82 Å². The van der Waals surface area contributed by atoms with Crippen molar-refractivity contribution in [1.82, 2.24) is 0 Å². The van der Waals surface area contributed by atoms with E-state index in [2.05, 4.69) is 47.6 Å². The fraction of sp³-hybridized carbons (Fsp3) is 0.455. The smallest absolute Gasteiger partial charge is 0.258 e. The summed E-state index contributed by atoms with van der Waals surface area (Å²) in [6.45, 7) is 13.7. The first-order valence-electron chi connectivity index (χ1n) is 9.35. The molecule has 3 rings (SSSR count). The van der Waals surface area contributed by atoms with Crippen molar-refractivity contribution in [3.8, 4) is 16.9 Å². The molecule has 0 aromatic heterocycles. The van der Waals surface area contributed by atoms with Gasteiger partial charge in [0.05, 0.1) is 0 Å². The highest BCUT2D eigenvalue weighted by Crippen LogP contribution is 2.48. The molecule has 0 fully saturated rings. The number of halogens is 1. The van der Waals surface area contributed by atoms with Gasteiger partial charge in [0.25, 0.3) is 8.32 Å². The number of benzene rings is 2. The lowest BCUT2D eigenvalue weighted by Gasteiger charge is -2.42. The predicted octanol–water partition coefficient (Wildman–Crippen LogP) is 7.28. The van der Waals surface area contributed by atoms with Crippen LogP contribution in [0.5, 0.6) is 5.75 Å². The van der Waals surface area contributed by atoms with Gasteiger partial charge >= 0.3 is 0 Å². The van der Waals surface area contributed by atoms with Gasteiger partial charge < -0.3 is 4.43 Å². The summed E-state index contributed by atoms with van der Waals surface area (Å²) in [7, 11) is -2.00. The molecule has 0 heterocycles. The van der Waals surface area contributed by atoms with Crippen molar-refractivity contribution in [2.24, 2.45) is 0 Å². The van der Waals surface area contributed by atoms with Gasteiger partial charge in [0, 0.05) is 0 Å². The Balaban J connectivity index is 2.04. The number of hydrogen-bond acceptors (Lipinski definition) is 1. The van der Waals surface area contributed by atoms with Gasteiger partial charge in [0.15, 0.2) is 6.17 Å². The Morgan fingerprint density at radius 2 is 1.36 bits per heavy atom. The van der Waals surface area contributed by atoms with E-state index in [9.17, 15) is 4.39 Å². The van der Waals surface area contributed by atoms with Gasteiger partial charge in [-0.3, -0.25) is 0 Å². The summed E-state index contributed by atoms with van der Waals surface area (Å²) in [6.07, 6.45) is -1.03. The molecule has 0 spiro atoms. The minimum Gasteiger partial charge on any atom is -0.543 e. The fourth-order valence-electron chi connectivity index (χ4n) is 4.74. The Hall–Kier alpha value is -1.61.